The number of nitrogens with zero attached hydrogens (tertiary/aromatic N) is 2. The molecule has 0 aromatic heterocycles. The first-order chi connectivity index (χ1) is 12.1. The first-order valence-corrected chi connectivity index (χ1v) is 10.1. The summed E-state index contributed by atoms with van der Waals surface area (Å²) in [6, 6.07) is 6.63. The Kier molecular flexibility index (Phi) is 6.34. The Morgan fingerprint density at radius 2 is 1.68 bits per heavy atom. The number of benzene rings is 1. The molecule has 2 fully saturated rings. The normalized spacial score (nSPS) is 18.6. The second-order valence-corrected chi connectivity index (χ2v) is 7.85. The highest BCUT2D eigenvalue weighted by Crippen LogP contribution is 2.27. The lowest BCUT2D eigenvalue weighted by Gasteiger charge is -2.36. The van der Waals surface area contributed by atoms with Crippen molar-refractivity contribution in [2.45, 2.75) is 37.0 Å². The van der Waals surface area contributed by atoms with E-state index in [2.05, 4.69) is 0 Å². The van der Waals surface area contributed by atoms with Gasteiger partial charge in [0, 0.05) is 49.2 Å². The second-order valence-electron chi connectivity index (χ2n) is 6.72. The van der Waals surface area contributed by atoms with Gasteiger partial charge < -0.3 is 9.80 Å². The molecule has 1 aromatic carbocycles. The van der Waals surface area contributed by atoms with Crippen LogP contribution in [0.5, 0.6) is 0 Å². The average molecular weight is 364 g/mol. The van der Waals surface area contributed by atoms with Gasteiger partial charge >= 0.3 is 0 Å². The first-order valence-electron chi connectivity index (χ1n) is 9.09. The molecule has 2 aliphatic rings. The van der Waals surface area contributed by atoms with E-state index in [0.29, 0.717) is 43.2 Å². The minimum Gasteiger partial charge on any atom is -0.339 e. The van der Waals surface area contributed by atoms with Crippen molar-refractivity contribution in [3.05, 3.63) is 30.1 Å². The van der Waals surface area contributed by atoms with Crippen LogP contribution in [0.4, 0.5) is 4.39 Å². The Bertz CT molecular complexity index is 611. The SMILES string of the molecule is O=C(CCSc1ccccc1F)N1CCN(C(=O)C2CCCC2)CC1. The summed E-state index contributed by atoms with van der Waals surface area (Å²) in [5.74, 6) is 0.913. The molecule has 0 radical (unpaired) electrons. The fourth-order valence-corrected chi connectivity index (χ4v) is 4.45. The number of halogens is 1. The summed E-state index contributed by atoms with van der Waals surface area (Å²) in [6.45, 7) is 2.51. The van der Waals surface area contributed by atoms with E-state index in [1.54, 1.807) is 18.2 Å². The number of hydrogen-bond donors (Lipinski definition) is 0. The molecule has 6 heteroatoms. The van der Waals surface area contributed by atoms with Crippen molar-refractivity contribution in [2.75, 3.05) is 31.9 Å². The van der Waals surface area contributed by atoms with Crippen LogP contribution in [0.2, 0.25) is 0 Å². The van der Waals surface area contributed by atoms with Crippen LogP contribution in [0.25, 0.3) is 0 Å². The van der Waals surface area contributed by atoms with E-state index in [-0.39, 0.29) is 23.5 Å². The summed E-state index contributed by atoms with van der Waals surface area (Å²) < 4.78 is 13.6. The van der Waals surface area contributed by atoms with Crippen LogP contribution in [-0.4, -0.2) is 53.5 Å². The van der Waals surface area contributed by atoms with E-state index in [9.17, 15) is 14.0 Å². The lowest BCUT2D eigenvalue weighted by Crippen LogP contribution is -2.51. The quantitative estimate of drug-likeness (QED) is 0.754. The number of thioether (sulfide) groups is 1. The largest absolute Gasteiger partial charge is 0.339 e. The average Bonchev–Trinajstić information content (AvgIpc) is 3.17. The van der Waals surface area contributed by atoms with Crippen LogP contribution in [0.15, 0.2) is 29.2 Å². The molecule has 4 nitrogen and oxygen atoms in total. The summed E-state index contributed by atoms with van der Waals surface area (Å²) in [6.07, 6.45) is 4.76. The maximum Gasteiger partial charge on any atom is 0.225 e. The zero-order chi connectivity index (χ0) is 17.6. The van der Waals surface area contributed by atoms with Gasteiger partial charge in [0.05, 0.1) is 0 Å². The highest BCUT2D eigenvalue weighted by molar-refractivity contribution is 7.99. The molecule has 1 heterocycles. The van der Waals surface area contributed by atoms with Gasteiger partial charge in [0.15, 0.2) is 0 Å². The molecule has 3 rings (SSSR count). The fraction of sp³-hybridized carbons (Fsp3) is 0.579. The molecule has 1 aromatic rings. The molecule has 0 atom stereocenters. The highest BCUT2D eigenvalue weighted by atomic mass is 32.2. The van der Waals surface area contributed by atoms with Crippen molar-refractivity contribution in [1.29, 1.82) is 0 Å². The number of piperazine rings is 1. The van der Waals surface area contributed by atoms with Crippen molar-refractivity contribution in [3.8, 4) is 0 Å². The Labute approximate surface area is 152 Å². The van der Waals surface area contributed by atoms with Gasteiger partial charge in [0.1, 0.15) is 5.82 Å². The molecule has 136 valence electrons. The summed E-state index contributed by atoms with van der Waals surface area (Å²) in [5, 5.41) is 0. The Morgan fingerprint density at radius 3 is 2.36 bits per heavy atom. The van der Waals surface area contributed by atoms with Gasteiger partial charge in [-0.1, -0.05) is 25.0 Å². The Hall–Kier alpha value is -1.56. The van der Waals surface area contributed by atoms with Gasteiger partial charge in [-0.05, 0) is 25.0 Å². The predicted molar refractivity (Wildman–Crippen MR) is 96.9 cm³/mol. The maximum absolute atomic E-state index is 13.6. The highest BCUT2D eigenvalue weighted by Gasteiger charge is 2.30. The molecule has 1 aliphatic carbocycles. The number of hydrogen-bond acceptors (Lipinski definition) is 3. The van der Waals surface area contributed by atoms with Crippen molar-refractivity contribution in [3.63, 3.8) is 0 Å². The molecule has 0 spiro atoms. The van der Waals surface area contributed by atoms with Crippen molar-refractivity contribution < 1.29 is 14.0 Å². The van der Waals surface area contributed by atoms with Gasteiger partial charge in [-0.15, -0.1) is 11.8 Å². The maximum atomic E-state index is 13.6. The van der Waals surface area contributed by atoms with Crippen LogP contribution in [0.3, 0.4) is 0 Å². The first kappa shape index (κ1) is 18.2. The van der Waals surface area contributed by atoms with Gasteiger partial charge in [0.2, 0.25) is 11.8 Å². The third kappa shape index (κ3) is 4.75. The van der Waals surface area contributed by atoms with E-state index in [4.69, 9.17) is 0 Å². The minimum absolute atomic E-state index is 0.0943. The number of rotatable bonds is 5. The molecule has 1 aliphatic heterocycles. The zero-order valence-electron chi connectivity index (χ0n) is 14.5. The standard InChI is InChI=1S/C19H25FN2O2S/c20-16-7-3-4-8-17(16)25-14-9-18(23)21-10-12-22(13-11-21)19(24)15-5-1-2-6-15/h3-4,7-8,15H,1-2,5-6,9-14H2. The van der Waals surface area contributed by atoms with Crippen molar-refractivity contribution in [1.82, 2.24) is 9.80 Å². The molecular weight excluding hydrogens is 339 g/mol. The zero-order valence-corrected chi connectivity index (χ0v) is 15.3. The van der Waals surface area contributed by atoms with Crippen LogP contribution >= 0.6 is 11.8 Å². The lowest BCUT2D eigenvalue weighted by atomic mass is 10.1. The fourth-order valence-electron chi connectivity index (χ4n) is 3.58. The Balaban J connectivity index is 1.39. The van der Waals surface area contributed by atoms with Crippen molar-refractivity contribution >= 4 is 23.6 Å². The third-order valence-electron chi connectivity index (χ3n) is 5.06. The van der Waals surface area contributed by atoms with Gasteiger partial charge in [0.25, 0.3) is 0 Å². The van der Waals surface area contributed by atoms with Crippen LogP contribution < -0.4 is 0 Å². The smallest absolute Gasteiger partial charge is 0.225 e. The summed E-state index contributed by atoms with van der Waals surface area (Å²) in [4.78, 5) is 29.1. The summed E-state index contributed by atoms with van der Waals surface area (Å²) in [7, 11) is 0. The third-order valence-corrected chi connectivity index (χ3v) is 6.11. The minimum atomic E-state index is -0.237. The molecular formula is C19H25FN2O2S. The van der Waals surface area contributed by atoms with E-state index in [0.717, 1.165) is 25.7 Å². The van der Waals surface area contributed by atoms with E-state index in [1.807, 2.05) is 9.80 Å². The van der Waals surface area contributed by atoms with E-state index < -0.39 is 0 Å². The summed E-state index contributed by atoms with van der Waals surface area (Å²) in [5.41, 5.74) is 0. The monoisotopic (exact) mass is 364 g/mol. The number of carbonyl (C=O) groups is 2. The van der Waals surface area contributed by atoms with Crippen LogP contribution in [0.1, 0.15) is 32.1 Å². The van der Waals surface area contributed by atoms with Crippen molar-refractivity contribution in [2.24, 2.45) is 5.92 Å². The van der Waals surface area contributed by atoms with E-state index in [1.165, 1.54) is 17.8 Å². The van der Waals surface area contributed by atoms with Gasteiger partial charge in [-0.2, -0.15) is 0 Å². The number of carbonyl (C=O) groups excluding carboxylic acids is 2. The summed E-state index contributed by atoms with van der Waals surface area (Å²) >= 11 is 1.37. The second kappa shape index (κ2) is 8.70. The molecule has 25 heavy (non-hydrogen) atoms. The topological polar surface area (TPSA) is 40.6 Å². The predicted octanol–water partition coefficient (Wildman–Crippen LogP) is 3.17. The van der Waals surface area contributed by atoms with Crippen LogP contribution in [0, 0.1) is 11.7 Å². The molecule has 1 saturated carbocycles. The molecule has 0 bridgehead atoms. The molecule has 0 N–H and O–H groups in total. The Morgan fingerprint density at radius 1 is 1.04 bits per heavy atom. The molecule has 1 saturated heterocycles. The van der Waals surface area contributed by atoms with Gasteiger partial charge in [-0.3, -0.25) is 9.59 Å². The number of amides is 2. The molecule has 2 amide bonds. The van der Waals surface area contributed by atoms with Gasteiger partial charge in [-0.25, -0.2) is 4.39 Å². The van der Waals surface area contributed by atoms with E-state index >= 15 is 0 Å². The van der Waals surface area contributed by atoms with Crippen LogP contribution in [-0.2, 0) is 9.59 Å². The lowest BCUT2D eigenvalue weighted by molar-refractivity contribution is -0.141. The molecule has 0 unspecified atom stereocenters.